The summed E-state index contributed by atoms with van der Waals surface area (Å²) in [5.74, 6) is 0.318. The summed E-state index contributed by atoms with van der Waals surface area (Å²) in [5.41, 5.74) is 9.36. The van der Waals surface area contributed by atoms with E-state index in [1.807, 2.05) is 32.0 Å². The number of nitrogens with zero attached hydrogens (tertiary/aromatic N) is 1. The molecule has 0 heterocycles. The second-order valence-corrected chi connectivity index (χ2v) is 4.97. The van der Waals surface area contributed by atoms with Crippen LogP contribution in [0.1, 0.15) is 27.8 Å². The van der Waals surface area contributed by atoms with Crippen molar-refractivity contribution < 1.29 is 9.13 Å². The molecule has 0 aromatic heterocycles. The van der Waals surface area contributed by atoms with E-state index in [0.717, 1.165) is 22.4 Å². The number of benzene rings is 2. The minimum absolute atomic E-state index is 0.126. The Labute approximate surface area is 123 Å². The molecule has 0 atom stereocenters. The fourth-order valence-electron chi connectivity index (χ4n) is 2.27. The van der Waals surface area contributed by atoms with Crippen molar-refractivity contribution in [3.63, 3.8) is 0 Å². The van der Waals surface area contributed by atoms with Crippen LogP contribution in [-0.2, 0) is 13.2 Å². The Hall–Kier alpha value is -2.38. The number of ether oxygens (including phenoxy) is 1. The van der Waals surface area contributed by atoms with Gasteiger partial charge in [-0.2, -0.15) is 5.26 Å². The normalized spacial score (nSPS) is 10.2. The molecule has 0 saturated carbocycles. The predicted molar refractivity (Wildman–Crippen MR) is 79.3 cm³/mol. The second-order valence-electron chi connectivity index (χ2n) is 4.97. The molecule has 4 heteroatoms. The van der Waals surface area contributed by atoms with Crippen LogP contribution in [0.25, 0.3) is 0 Å². The monoisotopic (exact) mass is 284 g/mol. The molecule has 0 radical (unpaired) electrons. The van der Waals surface area contributed by atoms with Crippen molar-refractivity contribution in [2.45, 2.75) is 27.0 Å². The maximum atomic E-state index is 13.8. The average molecular weight is 284 g/mol. The first kappa shape index (κ1) is 15.0. The Morgan fingerprint density at radius 1 is 1.19 bits per heavy atom. The summed E-state index contributed by atoms with van der Waals surface area (Å²) in [7, 11) is 0. The minimum atomic E-state index is -0.428. The van der Waals surface area contributed by atoms with E-state index < -0.39 is 5.82 Å². The summed E-state index contributed by atoms with van der Waals surface area (Å²) in [6.07, 6.45) is 0. The lowest BCUT2D eigenvalue weighted by atomic mass is 10.1. The summed E-state index contributed by atoms with van der Waals surface area (Å²) in [6.45, 7) is 4.49. The Bertz CT molecular complexity index is 681. The zero-order valence-electron chi connectivity index (χ0n) is 12.1. The van der Waals surface area contributed by atoms with E-state index in [0.29, 0.717) is 17.7 Å². The zero-order chi connectivity index (χ0) is 15.4. The highest BCUT2D eigenvalue weighted by Gasteiger charge is 2.09. The summed E-state index contributed by atoms with van der Waals surface area (Å²) < 4.78 is 19.6. The van der Waals surface area contributed by atoms with Gasteiger partial charge in [0.05, 0.1) is 11.6 Å². The van der Waals surface area contributed by atoms with Gasteiger partial charge in [-0.25, -0.2) is 4.39 Å². The topological polar surface area (TPSA) is 59.0 Å². The lowest BCUT2D eigenvalue weighted by Crippen LogP contribution is -2.03. The molecule has 0 aliphatic rings. The lowest BCUT2D eigenvalue weighted by molar-refractivity contribution is 0.295. The molecular weight excluding hydrogens is 267 g/mol. The number of hydrogen-bond acceptors (Lipinski definition) is 3. The van der Waals surface area contributed by atoms with Gasteiger partial charge in [0, 0.05) is 12.1 Å². The van der Waals surface area contributed by atoms with Gasteiger partial charge in [0.1, 0.15) is 18.2 Å². The third-order valence-electron chi connectivity index (χ3n) is 3.31. The van der Waals surface area contributed by atoms with Gasteiger partial charge < -0.3 is 10.5 Å². The first-order valence-corrected chi connectivity index (χ1v) is 6.66. The second kappa shape index (κ2) is 6.38. The molecule has 0 spiro atoms. The SMILES string of the molecule is Cc1cc(CN)cc(C)c1OCc1ccc(C#N)cc1F. The number of halogens is 1. The molecule has 108 valence electrons. The molecule has 2 N–H and O–H groups in total. The van der Waals surface area contributed by atoms with Crippen molar-refractivity contribution in [2.24, 2.45) is 5.73 Å². The molecule has 2 rings (SSSR count). The van der Waals surface area contributed by atoms with Gasteiger partial charge in [0.15, 0.2) is 0 Å². The van der Waals surface area contributed by atoms with Gasteiger partial charge in [0.2, 0.25) is 0 Å². The third kappa shape index (κ3) is 3.39. The van der Waals surface area contributed by atoms with E-state index in [4.69, 9.17) is 15.7 Å². The Morgan fingerprint density at radius 2 is 1.86 bits per heavy atom. The molecule has 0 fully saturated rings. The number of nitriles is 1. The first-order valence-electron chi connectivity index (χ1n) is 6.66. The maximum Gasteiger partial charge on any atom is 0.131 e. The van der Waals surface area contributed by atoms with E-state index >= 15 is 0 Å². The molecule has 0 saturated heterocycles. The quantitative estimate of drug-likeness (QED) is 0.936. The Balaban J connectivity index is 2.19. The highest BCUT2D eigenvalue weighted by atomic mass is 19.1. The van der Waals surface area contributed by atoms with Crippen LogP contribution in [0.5, 0.6) is 5.75 Å². The molecule has 0 bridgehead atoms. The van der Waals surface area contributed by atoms with Gasteiger partial charge in [-0.05, 0) is 42.7 Å². The van der Waals surface area contributed by atoms with E-state index in [2.05, 4.69) is 0 Å². The van der Waals surface area contributed by atoms with E-state index in [9.17, 15) is 4.39 Å². The number of hydrogen-bond donors (Lipinski definition) is 1. The van der Waals surface area contributed by atoms with Crippen molar-refractivity contribution in [3.8, 4) is 11.8 Å². The van der Waals surface area contributed by atoms with E-state index in [-0.39, 0.29) is 6.61 Å². The van der Waals surface area contributed by atoms with Crippen molar-refractivity contribution in [1.29, 1.82) is 5.26 Å². The largest absolute Gasteiger partial charge is 0.488 e. The molecule has 0 aliphatic carbocycles. The Morgan fingerprint density at radius 3 is 2.38 bits per heavy atom. The predicted octanol–water partition coefficient (Wildman–Crippen LogP) is 3.35. The van der Waals surface area contributed by atoms with Gasteiger partial charge in [-0.3, -0.25) is 0 Å². The van der Waals surface area contributed by atoms with Crippen molar-refractivity contribution in [3.05, 3.63) is 64.0 Å². The fourth-order valence-corrected chi connectivity index (χ4v) is 2.27. The minimum Gasteiger partial charge on any atom is -0.488 e. The number of nitrogens with two attached hydrogens (primary N) is 1. The Kier molecular flexibility index (Phi) is 4.56. The molecule has 2 aromatic rings. The van der Waals surface area contributed by atoms with Crippen molar-refractivity contribution in [1.82, 2.24) is 0 Å². The van der Waals surface area contributed by atoms with Crippen LogP contribution < -0.4 is 10.5 Å². The summed E-state index contributed by atoms with van der Waals surface area (Å²) in [5, 5.41) is 8.72. The summed E-state index contributed by atoms with van der Waals surface area (Å²) >= 11 is 0. The van der Waals surface area contributed by atoms with Crippen LogP contribution in [0.3, 0.4) is 0 Å². The highest BCUT2D eigenvalue weighted by molar-refractivity contribution is 5.43. The summed E-state index contributed by atoms with van der Waals surface area (Å²) in [6, 6.07) is 10.2. The number of aryl methyl sites for hydroxylation is 2. The molecule has 0 aliphatic heterocycles. The third-order valence-corrected chi connectivity index (χ3v) is 3.31. The number of rotatable bonds is 4. The first-order chi connectivity index (χ1) is 10.0. The van der Waals surface area contributed by atoms with Gasteiger partial charge >= 0.3 is 0 Å². The highest BCUT2D eigenvalue weighted by Crippen LogP contribution is 2.26. The van der Waals surface area contributed by atoms with Crippen LogP contribution in [0.2, 0.25) is 0 Å². The van der Waals surface area contributed by atoms with Gasteiger partial charge in [0.25, 0.3) is 0 Å². The van der Waals surface area contributed by atoms with E-state index in [1.54, 1.807) is 12.1 Å². The fraction of sp³-hybridized carbons (Fsp3) is 0.235. The average Bonchev–Trinajstić information content (AvgIpc) is 2.47. The van der Waals surface area contributed by atoms with Crippen LogP contribution in [0.4, 0.5) is 4.39 Å². The molecule has 3 nitrogen and oxygen atoms in total. The van der Waals surface area contributed by atoms with E-state index in [1.165, 1.54) is 6.07 Å². The standard InChI is InChI=1S/C17H17FN2O/c1-11-5-14(9-20)6-12(2)17(11)21-10-15-4-3-13(8-19)7-16(15)18/h3-7H,9-10,20H2,1-2H3. The molecule has 21 heavy (non-hydrogen) atoms. The van der Waals surface area contributed by atoms with Crippen molar-refractivity contribution >= 4 is 0 Å². The van der Waals surface area contributed by atoms with Crippen LogP contribution in [0.15, 0.2) is 30.3 Å². The summed E-state index contributed by atoms with van der Waals surface area (Å²) in [4.78, 5) is 0. The van der Waals surface area contributed by atoms with Crippen LogP contribution in [0, 0.1) is 31.0 Å². The van der Waals surface area contributed by atoms with Gasteiger partial charge in [-0.15, -0.1) is 0 Å². The van der Waals surface area contributed by atoms with Crippen molar-refractivity contribution in [2.75, 3.05) is 0 Å². The molecule has 0 unspecified atom stereocenters. The van der Waals surface area contributed by atoms with Crippen LogP contribution in [-0.4, -0.2) is 0 Å². The zero-order valence-corrected chi connectivity index (χ0v) is 12.1. The molecule has 2 aromatic carbocycles. The smallest absolute Gasteiger partial charge is 0.131 e. The van der Waals surface area contributed by atoms with Gasteiger partial charge in [-0.1, -0.05) is 18.2 Å². The molecular formula is C17H17FN2O. The lowest BCUT2D eigenvalue weighted by Gasteiger charge is -2.14. The maximum absolute atomic E-state index is 13.8. The molecule has 0 amide bonds. The van der Waals surface area contributed by atoms with Crippen LogP contribution >= 0.6 is 0 Å².